The summed E-state index contributed by atoms with van der Waals surface area (Å²) in [4.78, 5) is 7.42. The average molecular weight is 480 g/mol. The van der Waals surface area contributed by atoms with Crippen LogP contribution in [0.25, 0.3) is 0 Å². The normalized spacial score (nSPS) is 20.4. The molecule has 0 amide bonds. The Labute approximate surface area is 178 Å². The predicted octanol–water partition coefficient (Wildman–Crippen LogP) is 3.49. The second-order valence-corrected chi connectivity index (χ2v) is 8.23. The predicted molar refractivity (Wildman–Crippen MR) is 122 cm³/mol. The largest absolute Gasteiger partial charge is 0.379 e. The third-order valence-electron chi connectivity index (χ3n) is 5.47. The van der Waals surface area contributed by atoms with Gasteiger partial charge in [-0.25, -0.2) is 0 Å². The summed E-state index contributed by atoms with van der Waals surface area (Å²) >= 11 is 0. The third-order valence-corrected chi connectivity index (χ3v) is 5.47. The van der Waals surface area contributed by atoms with Crippen molar-refractivity contribution in [1.29, 1.82) is 0 Å². The van der Waals surface area contributed by atoms with Crippen molar-refractivity contribution in [3.8, 4) is 0 Å². The fourth-order valence-corrected chi connectivity index (χ4v) is 4.05. The lowest BCUT2D eigenvalue weighted by atomic mass is 9.64. The Morgan fingerprint density at radius 3 is 2.46 bits per heavy atom. The van der Waals surface area contributed by atoms with Gasteiger partial charge in [0.2, 0.25) is 0 Å². The van der Waals surface area contributed by atoms with Crippen LogP contribution in [0.4, 0.5) is 0 Å². The van der Waals surface area contributed by atoms with Crippen LogP contribution in [0.15, 0.2) is 4.99 Å². The van der Waals surface area contributed by atoms with Gasteiger partial charge in [-0.1, -0.05) is 20.3 Å². The third kappa shape index (κ3) is 8.74. The van der Waals surface area contributed by atoms with Crippen LogP contribution in [0.3, 0.4) is 0 Å². The minimum atomic E-state index is 0. The Kier molecular flexibility index (Phi) is 12.1. The van der Waals surface area contributed by atoms with Crippen molar-refractivity contribution < 1.29 is 4.74 Å². The number of hydrogen-bond acceptors (Lipinski definition) is 3. The van der Waals surface area contributed by atoms with Gasteiger partial charge in [0.1, 0.15) is 0 Å². The maximum Gasteiger partial charge on any atom is 0.191 e. The highest BCUT2D eigenvalue weighted by Crippen LogP contribution is 2.46. The Balaban J connectivity index is 0.00000338. The lowest BCUT2D eigenvalue weighted by molar-refractivity contribution is 0.0372. The monoisotopic (exact) mass is 480 g/mol. The lowest BCUT2D eigenvalue weighted by Crippen LogP contribution is -2.41. The van der Waals surface area contributed by atoms with Crippen molar-refractivity contribution in [2.24, 2.45) is 16.3 Å². The van der Waals surface area contributed by atoms with Crippen molar-refractivity contribution in [3.05, 3.63) is 0 Å². The van der Waals surface area contributed by atoms with Gasteiger partial charge in [0.05, 0.1) is 13.2 Å². The molecule has 154 valence electrons. The molecule has 0 aromatic carbocycles. The van der Waals surface area contributed by atoms with E-state index in [1.165, 1.54) is 45.1 Å². The molecular weight excluding hydrogens is 439 g/mol. The summed E-state index contributed by atoms with van der Waals surface area (Å²) in [6.07, 6.45) is 7.84. The molecule has 0 bridgehead atoms. The van der Waals surface area contributed by atoms with Gasteiger partial charge in [0, 0.05) is 32.7 Å². The van der Waals surface area contributed by atoms with Gasteiger partial charge in [-0.15, -0.1) is 24.0 Å². The summed E-state index contributed by atoms with van der Waals surface area (Å²) in [5, 5.41) is 6.94. The second kappa shape index (κ2) is 13.2. The van der Waals surface area contributed by atoms with E-state index in [1.807, 2.05) is 0 Å². The van der Waals surface area contributed by atoms with Crippen molar-refractivity contribution in [2.45, 2.75) is 59.3 Å². The van der Waals surface area contributed by atoms with E-state index in [0.29, 0.717) is 5.41 Å². The Morgan fingerprint density at radius 1 is 1.15 bits per heavy atom. The molecule has 2 aliphatic rings. The van der Waals surface area contributed by atoms with E-state index in [0.717, 1.165) is 57.8 Å². The van der Waals surface area contributed by atoms with Crippen LogP contribution in [0.1, 0.15) is 59.3 Å². The Bertz CT molecular complexity index is 393. The first-order valence-corrected chi connectivity index (χ1v) is 10.5. The van der Waals surface area contributed by atoms with E-state index in [2.05, 4.69) is 36.3 Å². The second-order valence-electron chi connectivity index (χ2n) is 8.23. The van der Waals surface area contributed by atoms with Crippen LogP contribution >= 0.6 is 24.0 Å². The summed E-state index contributed by atoms with van der Waals surface area (Å²) in [7, 11) is 0. The molecule has 0 radical (unpaired) electrons. The molecule has 0 unspecified atom stereocenters. The zero-order valence-corrected chi connectivity index (χ0v) is 19.5. The van der Waals surface area contributed by atoms with Gasteiger partial charge in [0.25, 0.3) is 0 Å². The summed E-state index contributed by atoms with van der Waals surface area (Å²) in [6, 6.07) is 0. The number of nitrogens with zero attached hydrogens (tertiary/aromatic N) is 2. The quantitative estimate of drug-likeness (QED) is 0.218. The first-order chi connectivity index (χ1) is 12.1. The SMILES string of the molecule is CCNC(=NCC1(CC(C)C)CCC1)NCCCCN1CCOCC1.I. The summed E-state index contributed by atoms with van der Waals surface area (Å²) in [6.45, 7) is 14.9. The molecule has 1 heterocycles. The van der Waals surface area contributed by atoms with E-state index < -0.39 is 0 Å². The molecule has 0 aromatic rings. The van der Waals surface area contributed by atoms with E-state index in [9.17, 15) is 0 Å². The molecule has 26 heavy (non-hydrogen) atoms. The zero-order valence-electron chi connectivity index (χ0n) is 17.2. The molecule has 2 rings (SSSR count). The van der Waals surface area contributed by atoms with Crippen molar-refractivity contribution in [3.63, 3.8) is 0 Å². The number of nitrogens with one attached hydrogen (secondary N) is 2. The van der Waals surface area contributed by atoms with Gasteiger partial charge in [-0.3, -0.25) is 9.89 Å². The highest BCUT2D eigenvalue weighted by molar-refractivity contribution is 14.0. The molecule has 2 fully saturated rings. The van der Waals surface area contributed by atoms with Gasteiger partial charge >= 0.3 is 0 Å². The minimum absolute atomic E-state index is 0. The van der Waals surface area contributed by atoms with Crippen LogP contribution < -0.4 is 10.6 Å². The van der Waals surface area contributed by atoms with Gasteiger partial charge < -0.3 is 15.4 Å². The van der Waals surface area contributed by atoms with Crippen molar-refractivity contribution >= 4 is 29.9 Å². The highest BCUT2D eigenvalue weighted by atomic mass is 127. The number of rotatable bonds is 10. The van der Waals surface area contributed by atoms with E-state index >= 15 is 0 Å². The smallest absolute Gasteiger partial charge is 0.191 e. The fourth-order valence-electron chi connectivity index (χ4n) is 4.05. The van der Waals surface area contributed by atoms with Crippen LogP contribution in [0, 0.1) is 11.3 Å². The summed E-state index contributed by atoms with van der Waals surface area (Å²) in [5.74, 6) is 1.77. The number of halogens is 1. The number of unbranched alkanes of at least 4 members (excludes halogenated alkanes) is 1. The van der Waals surface area contributed by atoms with E-state index in [-0.39, 0.29) is 24.0 Å². The fraction of sp³-hybridized carbons (Fsp3) is 0.950. The molecule has 1 saturated heterocycles. The van der Waals surface area contributed by atoms with Crippen LogP contribution in [-0.2, 0) is 4.74 Å². The number of hydrogen-bond donors (Lipinski definition) is 2. The van der Waals surface area contributed by atoms with Crippen LogP contribution in [0.5, 0.6) is 0 Å². The molecule has 0 aromatic heterocycles. The lowest BCUT2D eigenvalue weighted by Gasteiger charge is -2.42. The molecule has 0 spiro atoms. The van der Waals surface area contributed by atoms with Gasteiger partial charge in [-0.05, 0) is 56.9 Å². The van der Waals surface area contributed by atoms with Gasteiger partial charge in [-0.2, -0.15) is 0 Å². The molecule has 1 aliphatic heterocycles. The topological polar surface area (TPSA) is 48.9 Å². The molecular formula is C20H41IN4O. The number of aliphatic imine (C=N–C) groups is 1. The Hall–Kier alpha value is -0.0800. The molecule has 1 saturated carbocycles. The molecule has 1 aliphatic carbocycles. The van der Waals surface area contributed by atoms with Crippen LogP contribution in [0.2, 0.25) is 0 Å². The zero-order chi connectivity index (χ0) is 18.0. The van der Waals surface area contributed by atoms with Crippen molar-refractivity contribution in [1.82, 2.24) is 15.5 Å². The summed E-state index contributed by atoms with van der Waals surface area (Å²) < 4.78 is 5.40. The van der Waals surface area contributed by atoms with Crippen LogP contribution in [-0.4, -0.2) is 63.3 Å². The first-order valence-electron chi connectivity index (χ1n) is 10.5. The maximum absolute atomic E-state index is 5.40. The highest BCUT2D eigenvalue weighted by Gasteiger charge is 2.37. The van der Waals surface area contributed by atoms with Crippen molar-refractivity contribution in [2.75, 3.05) is 52.5 Å². The maximum atomic E-state index is 5.40. The van der Waals surface area contributed by atoms with E-state index in [4.69, 9.17) is 9.73 Å². The summed E-state index contributed by atoms with van der Waals surface area (Å²) in [5.41, 5.74) is 0.479. The number of guanidine groups is 1. The first kappa shape index (κ1) is 24.0. The average Bonchev–Trinajstić information content (AvgIpc) is 2.57. The minimum Gasteiger partial charge on any atom is -0.379 e. The molecule has 0 atom stereocenters. The Morgan fingerprint density at radius 2 is 1.88 bits per heavy atom. The van der Waals surface area contributed by atoms with Gasteiger partial charge in [0.15, 0.2) is 5.96 Å². The standard InChI is InChI=1S/C20H40N4O.HI/c1-4-21-19(23-17-20(8-7-9-20)16-18(2)3)22-10-5-6-11-24-12-14-25-15-13-24;/h18H,4-17H2,1-3H3,(H2,21,22,23);1H. The molecule has 2 N–H and O–H groups in total. The molecule has 5 nitrogen and oxygen atoms in total. The number of ether oxygens (including phenoxy) is 1. The molecule has 6 heteroatoms. The van der Waals surface area contributed by atoms with E-state index in [1.54, 1.807) is 0 Å². The number of morpholine rings is 1.